The summed E-state index contributed by atoms with van der Waals surface area (Å²) >= 11 is 0. The molecule has 21 heavy (non-hydrogen) atoms. The van der Waals surface area contributed by atoms with Crippen molar-refractivity contribution in [3.05, 3.63) is 0 Å². The molecule has 2 saturated heterocycles. The maximum absolute atomic E-state index is 12.1. The number of fused-ring (bicyclic) bond motifs is 1. The zero-order chi connectivity index (χ0) is 15.2. The molecule has 0 bridgehead atoms. The number of piperidine rings is 1. The summed E-state index contributed by atoms with van der Waals surface area (Å²) < 4.78 is 0. The first-order valence-corrected chi connectivity index (χ1v) is 7.75. The van der Waals surface area contributed by atoms with Gasteiger partial charge in [-0.25, -0.2) is 9.59 Å². The van der Waals surface area contributed by atoms with Crippen molar-refractivity contribution in [2.24, 2.45) is 0 Å². The minimum Gasteiger partial charge on any atom is -0.320 e. The quantitative estimate of drug-likeness (QED) is 0.601. The third kappa shape index (κ3) is 3.65. The summed E-state index contributed by atoms with van der Waals surface area (Å²) in [7, 11) is 0. The van der Waals surface area contributed by atoms with Gasteiger partial charge in [0.2, 0.25) is 0 Å². The lowest BCUT2D eigenvalue weighted by Gasteiger charge is -2.25. The van der Waals surface area contributed by atoms with E-state index in [0.29, 0.717) is 24.6 Å². The third-order valence-corrected chi connectivity index (χ3v) is 3.88. The van der Waals surface area contributed by atoms with Crippen LogP contribution in [0.4, 0.5) is 9.59 Å². The maximum atomic E-state index is 12.1. The summed E-state index contributed by atoms with van der Waals surface area (Å²) in [5.41, 5.74) is 0. The van der Waals surface area contributed by atoms with E-state index in [1.54, 1.807) is 0 Å². The molecule has 0 aromatic carbocycles. The van der Waals surface area contributed by atoms with Crippen LogP contribution in [0.3, 0.4) is 0 Å². The number of imide groups is 1. The molecule has 2 fully saturated rings. The van der Waals surface area contributed by atoms with Crippen molar-refractivity contribution in [1.82, 2.24) is 15.3 Å². The van der Waals surface area contributed by atoms with E-state index >= 15 is 0 Å². The number of hydroxylamine groups is 2. The fourth-order valence-electron chi connectivity index (χ4n) is 2.70. The third-order valence-electron chi connectivity index (χ3n) is 3.88. The molecular formula is C14H23N3O4. The van der Waals surface area contributed by atoms with Crippen molar-refractivity contribution in [2.45, 2.75) is 57.9 Å². The van der Waals surface area contributed by atoms with Gasteiger partial charge in [-0.2, -0.15) is 0 Å². The molecule has 4 amide bonds. The number of hydrogen-bond donors (Lipinski definition) is 1. The summed E-state index contributed by atoms with van der Waals surface area (Å²) in [6.45, 7) is 3.15. The van der Waals surface area contributed by atoms with Crippen LogP contribution in [0, 0.1) is 0 Å². The molecule has 0 saturated carbocycles. The lowest BCUT2D eigenvalue weighted by atomic mass is 10.0. The van der Waals surface area contributed by atoms with Gasteiger partial charge in [0, 0.05) is 13.1 Å². The Morgan fingerprint density at radius 3 is 2.81 bits per heavy atom. The second kappa shape index (κ2) is 7.28. The number of unbranched alkanes of at least 4 members (excludes halogenated alkanes) is 3. The van der Waals surface area contributed by atoms with Crippen molar-refractivity contribution < 1.29 is 19.2 Å². The largest absolute Gasteiger partial charge is 0.432 e. The van der Waals surface area contributed by atoms with Crippen LogP contribution >= 0.6 is 0 Å². The van der Waals surface area contributed by atoms with E-state index in [1.165, 1.54) is 4.90 Å². The van der Waals surface area contributed by atoms with Crippen LogP contribution in [0.2, 0.25) is 0 Å². The second-order valence-electron chi connectivity index (χ2n) is 5.49. The fourth-order valence-corrected chi connectivity index (χ4v) is 2.70. The number of amides is 4. The standard InChI is InChI=1S/C14H23N3O4/c1-2-3-4-6-9-15-13(19)21-17-12(18)11-8-5-7-10-16(11)14(17)20/h11H,2-10H2,1H3,(H,15,19). The van der Waals surface area contributed by atoms with Gasteiger partial charge in [-0.15, -0.1) is 0 Å². The average molecular weight is 297 g/mol. The molecule has 0 aromatic rings. The van der Waals surface area contributed by atoms with Gasteiger partial charge in [0.05, 0.1) is 0 Å². The van der Waals surface area contributed by atoms with Crippen molar-refractivity contribution in [1.29, 1.82) is 0 Å². The minimum absolute atomic E-state index is 0.430. The number of nitrogens with zero attached hydrogens (tertiary/aromatic N) is 2. The monoisotopic (exact) mass is 297 g/mol. The zero-order valence-electron chi connectivity index (χ0n) is 12.5. The van der Waals surface area contributed by atoms with Gasteiger partial charge in [-0.1, -0.05) is 31.2 Å². The molecule has 0 radical (unpaired) electrons. The maximum Gasteiger partial charge on any atom is 0.432 e. The predicted octanol–water partition coefficient (Wildman–Crippen LogP) is 2.02. The molecule has 2 rings (SSSR count). The SMILES string of the molecule is CCCCCCNC(=O)ON1C(=O)C2CCCCN2C1=O. The summed E-state index contributed by atoms with van der Waals surface area (Å²) in [6, 6.07) is -0.977. The van der Waals surface area contributed by atoms with Gasteiger partial charge < -0.3 is 15.1 Å². The molecule has 2 aliphatic rings. The number of carbonyl (C=O) groups excluding carboxylic acids is 3. The predicted molar refractivity (Wildman–Crippen MR) is 75.2 cm³/mol. The van der Waals surface area contributed by atoms with Crippen LogP contribution in [0.25, 0.3) is 0 Å². The molecule has 7 nitrogen and oxygen atoms in total. The lowest BCUT2D eigenvalue weighted by molar-refractivity contribution is -0.150. The molecule has 1 N–H and O–H groups in total. The Morgan fingerprint density at radius 2 is 2.10 bits per heavy atom. The molecule has 1 unspecified atom stereocenters. The van der Waals surface area contributed by atoms with Crippen LogP contribution < -0.4 is 5.32 Å². The molecule has 0 aromatic heterocycles. The normalized spacial score (nSPS) is 21.5. The van der Waals surface area contributed by atoms with Gasteiger partial charge in [-0.05, 0) is 25.7 Å². The van der Waals surface area contributed by atoms with Crippen molar-refractivity contribution >= 4 is 18.0 Å². The Labute approximate surface area is 124 Å². The number of rotatable bonds is 6. The van der Waals surface area contributed by atoms with Gasteiger partial charge in [0.1, 0.15) is 6.04 Å². The van der Waals surface area contributed by atoms with Gasteiger partial charge in [0.15, 0.2) is 0 Å². The second-order valence-corrected chi connectivity index (χ2v) is 5.49. The minimum atomic E-state index is -0.743. The van der Waals surface area contributed by atoms with Gasteiger partial charge in [-0.3, -0.25) is 4.79 Å². The Balaban J connectivity index is 1.78. The van der Waals surface area contributed by atoms with Gasteiger partial charge in [0.25, 0.3) is 5.91 Å². The van der Waals surface area contributed by atoms with E-state index in [1.807, 2.05) is 0 Å². The van der Waals surface area contributed by atoms with E-state index in [4.69, 9.17) is 4.84 Å². The molecule has 2 heterocycles. The summed E-state index contributed by atoms with van der Waals surface area (Å²) in [5.74, 6) is -0.430. The average Bonchev–Trinajstić information content (AvgIpc) is 2.73. The Morgan fingerprint density at radius 1 is 1.29 bits per heavy atom. The zero-order valence-corrected chi connectivity index (χ0v) is 12.5. The summed E-state index contributed by atoms with van der Waals surface area (Å²) in [5, 5.41) is 3.17. The van der Waals surface area contributed by atoms with E-state index in [0.717, 1.165) is 38.5 Å². The topological polar surface area (TPSA) is 79.0 Å². The summed E-state index contributed by atoms with van der Waals surface area (Å²) in [6.07, 6.45) is 5.84. The number of nitrogens with one attached hydrogen (secondary N) is 1. The smallest absolute Gasteiger partial charge is 0.320 e. The molecule has 7 heteroatoms. The molecular weight excluding hydrogens is 274 g/mol. The van der Waals surface area contributed by atoms with Crippen molar-refractivity contribution in [3.8, 4) is 0 Å². The highest BCUT2D eigenvalue weighted by molar-refractivity contribution is 6.03. The summed E-state index contributed by atoms with van der Waals surface area (Å²) in [4.78, 5) is 42.1. The highest BCUT2D eigenvalue weighted by Crippen LogP contribution is 2.26. The van der Waals surface area contributed by atoms with Crippen LogP contribution in [0.15, 0.2) is 0 Å². The van der Waals surface area contributed by atoms with E-state index in [2.05, 4.69) is 12.2 Å². The van der Waals surface area contributed by atoms with E-state index in [9.17, 15) is 14.4 Å². The fraction of sp³-hybridized carbons (Fsp3) is 0.786. The number of urea groups is 1. The first kappa shape index (κ1) is 15.6. The van der Waals surface area contributed by atoms with Crippen LogP contribution in [0.1, 0.15) is 51.9 Å². The Bertz CT molecular complexity index is 389. The van der Waals surface area contributed by atoms with Gasteiger partial charge >= 0.3 is 12.1 Å². The van der Waals surface area contributed by atoms with Crippen molar-refractivity contribution in [2.75, 3.05) is 13.1 Å². The highest BCUT2D eigenvalue weighted by Gasteiger charge is 2.48. The molecule has 0 aliphatic carbocycles. The lowest BCUT2D eigenvalue weighted by Crippen LogP contribution is -2.39. The Kier molecular flexibility index (Phi) is 5.41. The number of hydrogen-bond acceptors (Lipinski definition) is 4. The first-order valence-electron chi connectivity index (χ1n) is 7.75. The van der Waals surface area contributed by atoms with Crippen LogP contribution in [-0.2, 0) is 9.63 Å². The molecule has 118 valence electrons. The molecule has 0 spiro atoms. The number of carbonyl (C=O) groups is 3. The van der Waals surface area contributed by atoms with E-state index in [-0.39, 0.29) is 0 Å². The first-order chi connectivity index (χ1) is 10.1. The van der Waals surface area contributed by atoms with Crippen LogP contribution in [0.5, 0.6) is 0 Å². The molecule has 1 atom stereocenters. The molecule has 2 aliphatic heterocycles. The van der Waals surface area contributed by atoms with Crippen molar-refractivity contribution in [3.63, 3.8) is 0 Å². The Hall–Kier alpha value is -1.79. The highest BCUT2D eigenvalue weighted by atomic mass is 16.7. The van der Waals surface area contributed by atoms with E-state index < -0.39 is 24.1 Å². The van der Waals surface area contributed by atoms with Crippen LogP contribution in [-0.4, -0.2) is 47.1 Å².